The van der Waals surface area contributed by atoms with Gasteiger partial charge in [0, 0.05) is 36.2 Å². The van der Waals surface area contributed by atoms with Crippen molar-refractivity contribution in [1.82, 2.24) is 19.7 Å². The second kappa shape index (κ2) is 6.97. The predicted molar refractivity (Wildman–Crippen MR) is 105 cm³/mol. The highest BCUT2D eigenvalue weighted by molar-refractivity contribution is 6.04. The molecule has 3 aromatic rings. The van der Waals surface area contributed by atoms with Gasteiger partial charge in [-0.25, -0.2) is 0 Å². The van der Waals surface area contributed by atoms with Crippen molar-refractivity contribution in [3.8, 4) is 11.8 Å². The number of hydrogen-bond donors (Lipinski definition) is 1. The summed E-state index contributed by atoms with van der Waals surface area (Å²) >= 11 is 0. The third-order valence-electron chi connectivity index (χ3n) is 5.25. The molecule has 1 fully saturated rings. The van der Waals surface area contributed by atoms with E-state index in [1.54, 1.807) is 0 Å². The molecule has 0 bridgehead atoms. The molecule has 1 aromatic carbocycles. The minimum Gasteiger partial charge on any atom is -0.308 e. The van der Waals surface area contributed by atoms with Gasteiger partial charge in [0.25, 0.3) is 5.56 Å². The molecule has 5 nitrogen and oxygen atoms in total. The fraction of sp³-hybridized carbons (Fsp3) is 0.429. The van der Waals surface area contributed by atoms with Gasteiger partial charge >= 0.3 is 0 Å². The van der Waals surface area contributed by atoms with Crippen molar-refractivity contribution < 1.29 is 0 Å². The van der Waals surface area contributed by atoms with Crippen molar-refractivity contribution in [2.75, 3.05) is 19.6 Å². The number of aryl methyl sites for hydroxylation is 2. The largest absolute Gasteiger partial charge is 0.308 e. The minimum absolute atomic E-state index is 0.0192. The molecule has 0 atom stereocenters. The monoisotopic (exact) mass is 348 g/mol. The van der Waals surface area contributed by atoms with Crippen molar-refractivity contribution in [3.05, 3.63) is 39.8 Å². The molecule has 0 spiro atoms. The van der Waals surface area contributed by atoms with E-state index in [-0.39, 0.29) is 5.56 Å². The van der Waals surface area contributed by atoms with Gasteiger partial charge in [0.05, 0.1) is 10.9 Å². The van der Waals surface area contributed by atoms with Gasteiger partial charge in [-0.05, 0) is 58.0 Å². The number of aromatic nitrogens is 3. The van der Waals surface area contributed by atoms with Crippen LogP contribution in [0.5, 0.6) is 0 Å². The van der Waals surface area contributed by atoms with E-state index in [0.29, 0.717) is 11.9 Å². The SMILES string of the molecule is CCn1c(=O)c2c(C)[nH]nc2c2cc(C#CCCN3CCCC3)ccc21. The molecular weight excluding hydrogens is 324 g/mol. The third-order valence-corrected chi connectivity index (χ3v) is 5.25. The van der Waals surface area contributed by atoms with Crippen LogP contribution in [-0.2, 0) is 6.54 Å². The molecule has 134 valence electrons. The van der Waals surface area contributed by atoms with Crippen molar-refractivity contribution in [1.29, 1.82) is 0 Å². The Balaban J connectivity index is 1.71. The van der Waals surface area contributed by atoms with E-state index >= 15 is 0 Å². The summed E-state index contributed by atoms with van der Waals surface area (Å²) in [6, 6.07) is 6.06. The molecule has 0 saturated carbocycles. The van der Waals surface area contributed by atoms with Gasteiger partial charge in [0.2, 0.25) is 0 Å². The first-order chi connectivity index (χ1) is 12.7. The predicted octanol–water partition coefficient (Wildman–Crippen LogP) is 3.04. The van der Waals surface area contributed by atoms with Gasteiger partial charge in [-0.3, -0.25) is 9.89 Å². The first-order valence-corrected chi connectivity index (χ1v) is 9.41. The molecular formula is C21H24N4O. The van der Waals surface area contributed by atoms with Crippen LogP contribution in [-0.4, -0.2) is 39.3 Å². The number of pyridine rings is 1. The molecule has 3 heterocycles. The minimum atomic E-state index is 0.0192. The summed E-state index contributed by atoms with van der Waals surface area (Å²) in [7, 11) is 0. The zero-order chi connectivity index (χ0) is 18.1. The van der Waals surface area contributed by atoms with Gasteiger partial charge in [0.1, 0.15) is 5.52 Å². The van der Waals surface area contributed by atoms with Gasteiger partial charge in [-0.15, -0.1) is 0 Å². The quantitative estimate of drug-likeness (QED) is 0.740. The standard InChI is InChI=1S/C21H24N4O/c1-3-25-18-10-9-16(8-4-5-11-24-12-6-7-13-24)14-17(18)20-19(21(25)26)15(2)22-23-20/h9-10,14H,3,5-7,11-13H2,1-2H3,(H,22,23). The first kappa shape index (κ1) is 16.9. The second-order valence-electron chi connectivity index (χ2n) is 6.95. The van der Waals surface area contributed by atoms with Crippen molar-refractivity contribution in [2.24, 2.45) is 0 Å². The molecule has 2 aromatic heterocycles. The third kappa shape index (κ3) is 2.91. The highest BCUT2D eigenvalue weighted by Crippen LogP contribution is 2.23. The van der Waals surface area contributed by atoms with Crippen LogP contribution >= 0.6 is 0 Å². The van der Waals surface area contributed by atoms with Crippen LogP contribution in [0.3, 0.4) is 0 Å². The van der Waals surface area contributed by atoms with E-state index in [2.05, 4.69) is 33.0 Å². The summed E-state index contributed by atoms with van der Waals surface area (Å²) in [5, 5.41) is 9.00. The topological polar surface area (TPSA) is 53.9 Å². The molecule has 0 amide bonds. The molecule has 1 aliphatic heterocycles. The van der Waals surface area contributed by atoms with E-state index in [1.807, 2.05) is 30.5 Å². The highest BCUT2D eigenvalue weighted by Gasteiger charge is 2.14. The average molecular weight is 348 g/mol. The van der Waals surface area contributed by atoms with Gasteiger partial charge in [-0.1, -0.05) is 11.8 Å². The van der Waals surface area contributed by atoms with E-state index < -0.39 is 0 Å². The summed E-state index contributed by atoms with van der Waals surface area (Å²) in [5.41, 5.74) is 3.47. The van der Waals surface area contributed by atoms with Crippen LogP contribution < -0.4 is 5.56 Å². The van der Waals surface area contributed by atoms with Crippen LogP contribution in [0.15, 0.2) is 23.0 Å². The zero-order valence-corrected chi connectivity index (χ0v) is 15.4. The number of hydrogen-bond acceptors (Lipinski definition) is 3. The molecule has 5 heteroatoms. The Morgan fingerprint density at radius 3 is 2.85 bits per heavy atom. The van der Waals surface area contributed by atoms with Crippen LogP contribution in [0.4, 0.5) is 0 Å². The molecule has 0 unspecified atom stereocenters. The van der Waals surface area contributed by atoms with E-state index in [9.17, 15) is 4.79 Å². The lowest BCUT2D eigenvalue weighted by atomic mass is 10.1. The van der Waals surface area contributed by atoms with Crippen molar-refractivity contribution in [2.45, 2.75) is 39.7 Å². The Morgan fingerprint density at radius 1 is 1.27 bits per heavy atom. The number of fused-ring (bicyclic) bond motifs is 3. The Hall–Kier alpha value is -2.58. The molecule has 1 saturated heterocycles. The normalized spacial score (nSPS) is 14.8. The lowest BCUT2D eigenvalue weighted by Gasteiger charge is -2.11. The van der Waals surface area contributed by atoms with E-state index in [4.69, 9.17) is 0 Å². The maximum Gasteiger partial charge on any atom is 0.262 e. The smallest absolute Gasteiger partial charge is 0.262 e. The van der Waals surface area contributed by atoms with Gasteiger partial charge in [0.15, 0.2) is 0 Å². The number of rotatable bonds is 3. The van der Waals surface area contributed by atoms with Crippen molar-refractivity contribution >= 4 is 21.8 Å². The fourth-order valence-corrected chi connectivity index (χ4v) is 3.87. The first-order valence-electron chi connectivity index (χ1n) is 9.41. The lowest BCUT2D eigenvalue weighted by Crippen LogP contribution is -2.20. The maximum absolute atomic E-state index is 12.7. The van der Waals surface area contributed by atoms with Crippen LogP contribution in [0.1, 0.15) is 37.4 Å². The Morgan fingerprint density at radius 2 is 2.08 bits per heavy atom. The fourth-order valence-electron chi connectivity index (χ4n) is 3.87. The Bertz CT molecular complexity index is 1070. The molecule has 1 N–H and O–H groups in total. The highest BCUT2D eigenvalue weighted by atomic mass is 16.1. The summed E-state index contributed by atoms with van der Waals surface area (Å²) in [5.74, 6) is 6.58. The second-order valence-corrected chi connectivity index (χ2v) is 6.95. The Kier molecular flexibility index (Phi) is 4.52. The average Bonchev–Trinajstić information content (AvgIpc) is 3.29. The maximum atomic E-state index is 12.7. The van der Waals surface area contributed by atoms with Gasteiger partial charge < -0.3 is 9.47 Å². The van der Waals surface area contributed by atoms with E-state index in [1.165, 1.54) is 25.9 Å². The van der Waals surface area contributed by atoms with E-state index in [0.717, 1.165) is 40.6 Å². The summed E-state index contributed by atoms with van der Waals surface area (Å²) in [6.45, 7) is 8.00. The van der Waals surface area contributed by atoms with Crippen LogP contribution in [0, 0.1) is 18.8 Å². The molecule has 1 aliphatic rings. The number of nitrogens with one attached hydrogen (secondary N) is 1. The van der Waals surface area contributed by atoms with Crippen LogP contribution in [0.25, 0.3) is 21.8 Å². The molecule has 0 aliphatic carbocycles. The number of aromatic amines is 1. The summed E-state index contributed by atoms with van der Waals surface area (Å²) in [4.78, 5) is 15.2. The summed E-state index contributed by atoms with van der Waals surface area (Å²) in [6.07, 6.45) is 3.52. The zero-order valence-electron chi connectivity index (χ0n) is 15.4. The Labute approximate surface area is 153 Å². The molecule has 4 rings (SSSR count). The molecule has 0 radical (unpaired) electrons. The number of H-pyrrole nitrogens is 1. The lowest BCUT2D eigenvalue weighted by molar-refractivity contribution is 0.348. The molecule has 26 heavy (non-hydrogen) atoms. The summed E-state index contributed by atoms with van der Waals surface area (Å²) < 4.78 is 1.81. The van der Waals surface area contributed by atoms with Crippen LogP contribution in [0.2, 0.25) is 0 Å². The van der Waals surface area contributed by atoms with Crippen molar-refractivity contribution in [3.63, 3.8) is 0 Å². The van der Waals surface area contributed by atoms with Gasteiger partial charge in [-0.2, -0.15) is 5.10 Å². The number of benzene rings is 1. The number of nitrogens with zero attached hydrogens (tertiary/aromatic N) is 3. The number of likely N-dealkylation sites (tertiary alicyclic amines) is 1.